The molecule has 0 heterocycles. The van der Waals surface area contributed by atoms with Gasteiger partial charge >= 0.3 is 0 Å². The molecule has 0 spiro atoms. The van der Waals surface area contributed by atoms with Gasteiger partial charge in [0.2, 0.25) is 0 Å². The van der Waals surface area contributed by atoms with Crippen LogP contribution in [-0.2, 0) is 5.33 Å². The van der Waals surface area contributed by atoms with Crippen molar-refractivity contribution in [1.29, 1.82) is 0 Å². The third kappa shape index (κ3) is 3.58. The van der Waals surface area contributed by atoms with Crippen LogP contribution in [0.1, 0.15) is 30.9 Å². The topological polar surface area (TPSA) is 0 Å². The van der Waals surface area contributed by atoms with E-state index in [1.54, 1.807) is 0 Å². The zero-order valence-electron chi connectivity index (χ0n) is 8.26. The average Bonchev–Trinajstić information content (AvgIpc) is 2.20. The minimum absolute atomic E-state index is 0.901. The molecule has 0 bridgehead atoms. The molecule has 0 saturated heterocycles. The zero-order valence-corrected chi connectivity index (χ0v) is 11.4. The molecule has 0 aliphatic rings. The Morgan fingerprint density at radius 3 is 2.79 bits per heavy atom. The van der Waals surface area contributed by atoms with Gasteiger partial charge in [-0.1, -0.05) is 63.4 Å². The van der Waals surface area contributed by atoms with Crippen molar-refractivity contribution in [1.82, 2.24) is 0 Å². The molecule has 0 aliphatic carbocycles. The lowest BCUT2D eigenvalue weighted by Gasteiger charge is -2.02. The van der Waals surface area contributed by atoms with E-state index in [-0.39, 0.29) is 0 Å². The number of allylic oxidation sites excluding steroid dienone is 1. The quantitative estimate of drug-likeness (QED) is 0.673. The standard InChI is InChI=1S/C12H14Br2/c1-2-3-4-5-10-6-7-12(14)8-11(10)9-13/h4-8H,2-3,9H2,1H3/b5-4+. The molecule has 14 heavy (non-hydrogen) atoms. The minimum atomic E-state index is 0.901. The predicted octanol–water partition coefficient (Wildman–Crippen LogP) is 5.16. The van der Waals surface area contributed by atoms with Crippen molar-refractivity contribution in [2.24, 2.45) is 0 Å². The number of hydrogen-bond donors (Lipinski definition) is 0. The summed E-state index contributed by atoms with van der Waals surface area (Å²) >= 11 is 6.97. The fourth-order valence-corrected chi connectivity index (χ4v) is 2.12. The molecule has 0 aliphatic heterocycles. The van der Waals surface area contributed by atoms with E-state index >= 15 is 0 Å². The van der Waals surface area contributed by atoms with Crippen LogP contribution < -0.4 is 0 Å². The number of halogens is 2. The van der Waals surface area contributed by atoms with Crippen LogP contribution in [0.4, 0.5) is 0 Å². The molecule has 76 valence electrons. The lowest BCUT2D eigenvalue weighted by molar-refractivity contribution is 0.962. The van der Waals surface area contributed by atoms with Gasteiger partial charge in [0.05, 0.1) is 0 Å². The van der Waals surface area contributed by atoms with Gasteiger partial charge in [0.15, 0.2) is 0 Å². The van der Waals surface area contributed by atoms with Gasteiger partial charge in [-0.15, -0.1) is 0 Å². The molecule has 0 amide bonds. The molecule has 0 atom stereocenters. The highest BCUT2D eigenvalue weighted by Crippen LogP contribution is 2.20. The van der Waals surface area contributed by atoms with Crippen molar-refractivity contribution in [3.05, 3.63) is 39.9 Å². The van der Waals surface area contributed by atoms with Gasteiger partial charge in [-0.25, -0.2) is 0 Å². The zero-order chi connectivity index (χ0) is 10.4. The van der Waals surface area contributed by atoms with Gasteiger partial charge in [0.1, 0.15) is 0 Å². The summed E-state index contributed by atoms with van der Waals surface area (Å²) in [7, 11) is 0. The molecule has 1 aromatic carbocycles. The lowest BCUT2D eigenvalue weighted by atomic mass is 10.1. The summed E-state index contributed by atoms with van der Waals surface area (Å²) in [6, 6.07) is 6.38. The first-order chi connectivity index (χ1) is 6.77. The first-order valence-electron chi connectivity index (χ1n) is 4.79. The second-order valence-corrected chi connectivity index (χ2v) is 4.64. The Bertz CT molecular complexity index is 316. The van der Waals surface area contributed by atoms with Crippen LogP contribution in [0.15, 0.2) is 28.7 Å². The van der Waals surface area contributed by atoms with Crippen LogP contribution in [-0.4, -0.2) is 0 Å². The molecule has 1 aromatic rings. The van der Waals surface area contributed by atoms with Crippen LogP contribution in [0.25, 0.3) is 6.08 Å². The van der Waals surface area contributed by atoms with Crippen molar-refractivity contribution in [3.8, 4) is 0 Å². The monoisotopic (exact) mass is 316 g/mol. The number of hydrogen-bond acceptors (Lipinski definition) is 0. The van der Waals surface area contributed by atoms with Crippen LogP contribution in [0.2, 0.25) is 0 Å². The molecular formula is C12H14Br2. The molecule has 0 fully saturated rings. The summed E-state index contributed by atoms with van der Waals surface area (Å²) in [4.78, 5) is 0. The summed E-state index contributed by atoms with van der Waals surface area (Å²) in [5.74, 6) is 0. The third-order valence-corrected chi connectivity index (χ3v) is 3.10. The Morgan fingerprint density at radius 1 is 1.36 bits per heavy atom. The van der Waals surface area contributed by atoms with E-state index in [0.717, 1.165) is 16.2 Å². The highest BCUT2D eigenvalue weighted by Gasteiger charge is 1.98. The Labute approximate surface area is 103 Å². The lowest BCUT2D eigenvalue weighted by Crippen LogP contribution is -1.83. The molecule has 1 rings (SSSR count). The Morgan fingerprint density at radius 2 is 2.14 bits per heavy atom. The van der Waals surface area contributed by atoms with Crippen LogP contribution in [0.3, 0.4) is 0 Å². The van der Waals surface area contributed by atoms with Gasteiger partial charge in [-0.2, -0.15) is 0 Å². The minimum Gasteiger partial charge on any atom is -0.0876 e. The Kier molecular flexibility index (Phi) is 5.49. The van der Waals surface area contributed by atoms with Crippen molar-refractivity contribution in [3.63, 3.8) is 0 Å². The van der Waals surface area contributed by atoms with Crippen molar-refractivity contribution in [2.75, 3.05) is 0 Å². The van der Waals surface area contributed by atoms with Gasteiger partial charge in [0, 0.05) is 9.80 Å². The number of benzene rings is 1. The maximum atomic E-state index is 3.50. The van der Waals surface area contributed by atoms with E-state index in [4.69, 9.17) is 0 Å². The van der Waals surface area contributed by atoms with Crippen molar-refractivity contribution >= 4 is 37.9 Å². The molecule has 0 saturated carbocycles. The third-order valence-electron chi connectivity index (χ3n) is 2.00. The van der Waals surface area contributed by atoms with E-state index in [0.29, 0.717) is 0 Å². The second-order valence-electron chi connectivity index (χ2n) is 3.17. The highest BCUT2D eigenvalue weighted by molar-refractivity contribution is 9.10. The van der Waals surface area contributed by atoms with E-state index in [9.17, 15) is 0 Å². The summed E-state index contributed by atoms with van der Waals surface area (Å²) in [5, 5.41) is 0.901. The Balaban J connectivity index is 2.85. The largest absolute Gasteiger partial charge is 0.0876 e. The average molecular weight is 318 g/mol. The number of alkyl halides is 1. The molecule has 0 N–H and O–H groups in total. The van der Waals surface area contributed by atoms with Gasteiger partial charge in [-0.3, -0.25) is 0 Å². The molecule has 0 nitrogen and oxygen atoms in total. The summed E-state index contributed by atoms with van der Waals surface area (Å²) in [6.07, 6.45) is 6.79. The smallest absolute Gasteiger partial charge is 0.0289 e. The molecule has 2 heteroatoms. The number of rotatable bonds is 4. The van der Waals surface area contributed by atoms with Crippen LogP contribution in [0, 0.1) is 0 Å². The van der Waals surface area contributed by atoms with Crippen molar-refractivity contribution in [2.45, 2.75) is 25.1 Å². The summed E-state index contributed by atoms with van der Waals surface area (Å²) in [5.41, 5.74) is 2.63. The Hall–Kier alpha value is -0.0800. The first kappa shape index (κ1) is 12.0. The number of unbranched alkanes of at least 4 members (excludes halogenated alkanes) is 1. The fraction of sp³-hybridized carbons (Fsp3) is 0.333. The maximum absolute atomic E-state index is 3.50. The van der Waals surface area contributed by atoms with E-state index < -0.39 is 0 Å². The molecule has 0 radical (unpaired) electrons. The van der Waals surface area contributed by atoms with Crippen LogP contribution in [0.5, 0.6) is 0 Å². The highest BCUT2D eigenvalue weighted by atomic mass is 79.9. The second kappa shape index (κ2) is 6.41. The summed E-state index contributed by atoms with van der Waals surface area (Å²) < 4.78 is 1.14. The normalized spacial score (nSPS) is 11.1. The summed E-state index contributed by atoms with van der Waals surface area (Å²) in [6.45, 7) is 2.19. The van der Waals surface area contributed by atoms with E-state index in [1.807, 2.05) is 0 Å². The molecular weight excluding hydrogens is 304 g/mol. The predicted molar refractivity (Wildman–Crippen MR) is 70.7 cm³/mol. The SMILES string of the molecule is CCC/C=C/c1ccc(Br)cc1CBr. The van der Waals surface area contributed by atoms with Crippen LogP contribution >= 0.6 is 31.9 Å². The fourth-order valence-electron chi connectivity index (χ4n) is 1.23. The molecule has 0 aromatic heterocycles. The first-order valence-corrected chi connectivity index (χ1v) is 6.70. The van der Waals surface area contributed by atoms with Gasteiger partial charge in [-0.05, 0) is 29.7 Å². The molecule has 0 unspecified atom stereocenters. The van der Waals surface area contributed by atoms with Gasteiger partial charge < -0.3 is 0 Å². The maximum Gasteiger partial charge on any atom is 0.0289 e. The van der Waals surface area contributed by atoms with Crippen molar-refractivity contribution < 1.29 is 0 Å². The van der Waals surface area contributed by atoms with Gasteiger partial charge in [0.25, 0.3) is 0 Å². The van der Waals surface area contributed by atoms with E-state index in [1.165, 1.54) is 17.5 Å². The van der Waals surface area contributed by atoms with E-state index in [2.05, 4.69) is 69.1 Å².